The van der Waals surface area contributed by atoms with Crippen LogP contribution in [0.1, 0.15) is 16.1 Å². The van der Waals surface area contributed by atoms with Crippen molar-refractivity contribution in [3.63, 3.8) is 0 Å². The fourth-order valence-corrected chi connectivity index (χ4v) is 1.97. The number of carbonyl (C=O) groups excluding carboxylic acids is 1. The van der Waals surface area contributed by atoms with Gasteiger partial charge in [-0.3, -0.25) is 4.79 Å². The third-order valence-electron chi connectivity index (χ3n) is 2.22. The number of rotatable bonds is 2. The minimum Gasteiger partial charge on any atom is -0.436 e. The number of hydrogen-bond donors (Lipinski definition) is 2. The molecule has 0 atom stereocenters. The highest BCUT2D eigenvalue weighted by Crippen LogP contribution is 2.24. The molecule has 0 aliphatic carbocycles. The molecule has 0 saturated carbocycles. The van der Waals surface area contributed by atoms with E-state index >= 15 is 0 Å². The third kappa shape index (κ3) is 2.68. The monoisotopic (exact) mass is 294 g/mol. The average molecular weight is 295 g/mol. The Hall–Kier alpha value is -1.75. The summed E-state index contributed by atoms with van der Waals surface area (Å²) in [7, 11) is 0. The summed E-state index contributed by atoms with van der Waals surface area (Å²) in [5, 5.41) is 2.73. The Labute approximate surface area is 107 Å². The molecule has 1 amide bonds. The first-order chi connectivity index (χ1) is 8.06. The first kappa shape index (κ1) is 11.7. The molecular formula is C12H11BrN2O2. The van der Waals surface area contributed by atoms with Crippen LogP contribution in [-0.4, -0.2) is 5.91 Å². The number of furan rings is 1. The van der Waals surface area contributed by atoms with Gasteiger partial charge in [-0.2, -0.15) is 0 Å². The lowest BCUT2D eigenvalue weighted by molar-refractivity contribution is 0.0997. The molecule has 4 nitrogen and oxygen atoms in total. The van der Waals surface area contributed by atoms with Gasteiger partial charge >= 0.3 is 0 Å². The molecule has 0 saturated heterocycles. The Morgan fingerprint density at radius 3 is 2.71 bits per heavy atom. The Bertz CT molecular complexity index is 563. The number of aryl methyl sites for hydroxylation is 1. The quantitative estimate of drug-likeness (QED) is 0.894. The predicted molar refractivity (Wildman–Crippen MR) is 70.0 cm³/mol. The summed E-state index contributed by atoms with van der Waals surface area (Å²) < 4.78 is 5.86. The number of nitrogens with one attached hydrogen (secondary N) is 1. The van der Waals surface area contributed by atoms with E-state index in [1.807, 2.05) is 25.1 Å². The topological polar surface area (TPSA) is 68.3 Å². The molecule has 0 aliphatic heterocycles. The number of anilines is 2. The van der Waals surface area contributed by atoms with E-state index in [2.05, 4.69) is 21.2 Å². The molecule has 1 heterocycles. The molecule has 0 spiro atoms. The van der Waals surface area contributed by atoms with Crippen molar-refractivity contribution >= 4 is 33.4 Å². The van der Waals surface area contributed by atoms with Crippen molar-refractivity contribution in [2.24, 2.45) is 0 Å². The number of amides is 1. The van der Waals surface area contributed by atoms with E-state index in [1.165, 1.54) is 6.07 Å². The van der Waals surface area contributed by atoms with Crippen molar-refractivity contribution in [1.29, 1.82) is 0 Å². The molecule has 2 aromatic rings. The lowest BCUT2D eigenvalue weighted by Crippen LogP contribution is -2.11. The zero-order chi connectivity index (χ0) is 12.4. The molecular weight excluding hydrogens is 284 g/mol. The van der Waals surface area contributed by atoms with Crippen molar-refractivity contribution in [3.05, 3.63) is 46.1 Å². The zero-order valence-electron chi connectivity index (χ0n) is 9.16. The van der Waals surface area contributed by atoms with E-state index in [1.54, 1.807) is 6.07 Å². The lowest BCUT2D eigenvalue weighted by Gasteiger charge is -2.06. The summed E-state index contributed by atoms with van der Waals surface area (Å²) in [6.45, 7) is 1.98. The van der Waals surface area contributed by atoms with Gasteiger partial charge in [0.15, 0.2) is 11.6 Å². The van der Waals surface area contributed by atoms with Crippen LogP contribution in [0.15, 0.2) is 39.2 Å². The second kappa shape index (κ2) is 4.63. The Morgan fingerprint density at radius 1 is 1.35 bits per heavy atom. The molecule has 0 fully saturated rings. The fraction of sp³-hybridized carbons (Fsp3) is 0.0833. The summed E-state index contributed by atoms with van der Waals surface area (Å²) in [4.78, 5) is 11.8. The first-order valence-electron chi connectivity index (χ1n) is 4.99. The van der Waals surface area contributed by atoms with E-state index in [9.17, 15) is 4.79 Å². The minimum atomic E-state index is -0.328. The highest BCUT2D eigenvalue weighted by molar-refractivity contribution is 9.10. The number of benzene rings is 1. The number of hydrogen-bond acceptors (Lipinski definition) is 3. The van der Waals surface area contributed by atoms with Crippen molar-refractivity contribution in [3.8, 4) is 0 Å². The molecule has 17 heavy (non-hydrogen) atoms. The number of halogens is 1. The summed E-state index contributed by atoms with van der Waals surface area (Å²) in [5.74, 6) is 0.0827. The molecule has 5 heteroatoms. The van der Waals surface area contributed by atoms with Crippen molar-refractivity contribution in [1.82, 2.24) is 0 Å². The second-order valence-electron chi connectivity index (χ2n) is 3.64. The molecule has 2 rings (SSSR count). The Morgan fingerprint density at radius 2 is 2.12 bits per heavy atom. The molecule has 0 unspecified atom stereocenters. The van der Waals surface area contributed by atoms with Crippen LogP contribution < -0.4 is 11.1 Å². The number of carbonyl (C=O) groups is 1. The summed E-state index contributed by atoms with van der Waals surface area (Å²) in [6, 6.07) is 8.73. The second-order valence-corrected chi connectivity index (χ2v) is 4.49. The van der Waals surface area contributed by atoms with E-state index in [-0.39, 0.29) is 17.6 Å². The van der Waals surface area contributed by atoms with Gasteiger partial charge < -0.3 is 15.5 Å². The molecule has 88 valence electrons. The summed E-state index contributed by atoms with van der Waals surface area (Å²) in [6.07, 6.45) is 0. The zero-order valence-corrected chi connectivity index (χ0v) is 10.7. The van der Waals surface area contributed by atoms with Gasteiger partial charge in [-0.05, 0) is 46.6 Å². The Balaban J connectivity index is 2.18. The highest BCUT2D eigenvalue weighted by atomic mass is 79.9. The standard InChI is InChI=1S/C12H11BrN2O2/c1-7-2-3-9(8(13)6-7)15-12(16)10-4-5-11(14)17-10/h2-6H,14H2,1H3,(H,15,16). The van der Waals surface area contributed by atoms with Crippen LogP contribution in [0.4, 0.5) is 11.6 Å². The summed E-state index contributed by atoms with van der Waals surface area (Å²) >= 11 is 3.38. The van der Waals surface area contributed by atoms with E-state index in [4.69, 9.17) is 10.2 Å². The van der Waals surface area contributed by atoms with Gasteiger partial charge in [0.05, 0.1) is 5.69 Å². The van der Waals surface area contributed by atoms with Crippen molar-refractivity contribution in [2.45, 2.75) is 6.92 Å². The van der Waals surface area contributed by atoms with E-state index < -0.39 is 0 Å². The van der Waals surface area contributed by atoms with Gasteiger partial charge in [-0.1, -0.05) is 6.07 Å². The van der Waals surface area contributed by atoms with Gasteiger partial charge in [0, 0.05) is 10.5 Å². The number of nitrogen functional groups attached to an aromatic ring is 1. The summed E-state index contributed by atoms with van der Waals surface area (Å²) in [5.41, 5.74) is 7.20. The largest absolute Gasteiger partial charge is 0.436 e. The van der Waals surface area contributed by atoms with Gasteiger partial charge in [-0.15, -0.1) is 0 Å². The fourth-order valence-electron chi connectivity index (χ4n) is 1.38. The van der Waals surface area contributed by atoms with Gasteiger partial charge in [0.1, 0.15) is 0 Å². The molecule has 1 aromatic carbocycles. The average Bonchev–Trinajstić information content (AvgIpc) is 2.69. The van der Waals surface area contributed by atoms with E-state index in [0.29, 0.717) is 5.69 Å². The van der Waals surface area contributed by atoms with Crippen LogP contribution in [0.2, 0.25) is 0 Å². The van der Waals surface area contributed by atoms with Crippen LogP contribution in [0, 0.1) is 6.92 Å². The van der Waals surface area contributed by atoms with Crippen LogP contribution in [0.25, 0.3) is 0 Å². The van der Waals surface area contributed by atoms with Crippen molar-refractivity contribution < 1.29 is 9.21 Å². The molecule has 0 bridgehead atoms. The maximum atomic E-state index is 11.8. The first-order valence-corrected chi connectivity index (χ1v) is 5.78. The minimum absolute atomic E-state index is 0.190. The van der Waals surface area contributed by atoms with Crippen molar-refractivity contribution in [2.75, 3.05) is 11.1 Å². The Kier molecular flexibility index (Phi) is 3.19. The molecule has 0 aliphatic rings. The molecule has 0 radical (unpaired) electrons. The maximum absolute atomic E-state index is 11.8. The predicted octanol–water partition coefficient (Wildman–Crippen LogP) is 3.19. The number of nitrogens with two attached hydrogens (primary N) is 1. The van der Waals surface area contributed by atoms with Crippen LogP contribution in [-0.2, 0) is 0 Å². The molecule has 1 aromatic heterocycles. The normalized spacial score (nSPS) is 10.2. The van der Waals surface area contributed by atoms with Gasteiger partial charge in [-0.25, -0.2) is 0 Å². The smallest absolute Gasteiger partial charge is 0.291 e. The van der Waals surface area contributed by atoms with Crippen LogP contribution in [0.5, 0.6) is 0 Å². The third-order valence-corrected chi connectivity index (χ3v) is 2.88. The maximum Gasteiger partial charge on any atom is 0.291 e. The van der Waals surface area contributed by atoms with Gasteiger partial charge in [0.25, 0.3) is 5.91 Å². The van der Waals surface area contributed by atoms with E-state index in [0.717, 1.165) is 10.0 Å². The molecule has 3 N–H and O–H groups in total. The SMILES string of the molecule is Cc1ccc(NC(=O)c2ccc(N)o2)c(Br)c1. The van der Waals surface area contributed by atoms with Crippen LogP contribution >= 0.6 is 15.9 Å². The van der Waals surface area contributed by atoms with Gasteiger partial charge in [0.2, 0.25) is 0 Å². The highest BCUT2D eigenvalue weighted by Gasteiger charge is 2.11. The van der Waals surface area contributed by atoms with Crippen LogP contribution in [0.3, 0.4) is 0 Å². The lowest BCUT2D eigenvalue weighted by atomic mass is 10.2.